The summed E-state index contributed by atoms with van der Waals surface area (Å²) in [6.07, 6.45) is 4.27. The molecule has 0 aromatic carbocycles. The second kappa shape index (κ2) is 5.73. The van der Waals surface area contributed by atoms with Gasteiger partial charge in [0.25, 0.3) is 0 Å². The number of rotatable bonds is 3. The number of nitrogens with zero attached hydrogens (tertiary/aromatic N) is 2. The average molecular weight is 284 g/mol. The molecule has 1 aliphatic carbocycles. The molecule has 19 heavy (non-hydrogen) atoms. The first-order valence-electron chi connectivity index (χ1n) is 6.46. The Hall–Kier alpha value is -1.37. The highest BCUT2D eigenvalue weighted by Gasteiger charge is 2.27. The van der Waals surface area contributed by atoms with Gasteiger partial charge < -0.3 is 15.4 Å². The van der Waals surface area contributed by atoms with E-state index in [-0.39, 0.29) is 12.1 Å². The topological polar surface area (TPSA) is 76.1 Å². The molecule has 0 bridgehead atoms. The Morgan fingerprint density at radius 2 is 2.16 bits per heavy atom. The Kier molecular flexibility index (Phi) is 4.24. The molecule has 1 saturated carbocycles. The molecule has 6 nitrogen and oxygen atoms in total. The van der Waals surface area contributed by atoms with Crippen LogP contribution >= 0.6 is 11.5 Å². The van der Waals surface area contributed by atoms with Crippen molar-refractivity contribution in [2.45, 2.75) is 57.7 Å². The Morgan fingerprint density at radius 3 is 2.79 bits per heavy atom. The summed E-state index contributed by atoms with van der Waals surface area (Å²) in [5, 5.41) is 11.1. The maximum absolute atomic E-state index is 11.7. The molecule has 1 aliphatic rings. The minimum absolute atomic E-state index is 0.174. The summed E-state index contributed by atoms with van der Waals surface area (Å²) in [5.74, 6) is 0. The van der Waals surface area contributed by atoms with Crippen LogP contribution in [-0.2, 0) is 4.74 Å². The molecule has 0 spiro atoms. The van der Waals surface area contributed by atoms with E-state index in [1.165, 1.54) is 11.5 Å². The van der Waals surface area contributed by atoms with Crippen LogP contribution < -0.4 is 10.6 Å². The molecule has 0 saturated heterocycles. The van der Waals surface area contributed by atoms with Gasteiger partial charge in [-0.25, -0.2) is 4.79 Å². The van der Waals surface area contributed by atoms with E-state index in [2.05, 4.69) is 20.2 Å². The van der Waals surface area contributed by atoms with E-state index in [1.54, 1.807) is 6.20 Å². The second-order valence-corrected chi connectivity index (χ2v) is 6.56. The number of hydrogen-bond donors (Lipinski definition) is 2. The minimum atomic E-state index is -0.450. The number of alkyl carbamates (subject to hydrolysis) is 1. The molecular formula is C12H20N4O2S. The fourth-order valence-electron chi connectivity index (χ4n) is 2.15. The molecule has 1 amide bonds. The number of carbonyl (C=O) groups excluding carboxylic acids is 1. The maximum atomic E-state index is 11.7. The first kappa shape index (κ1) is 14.0. The number of amides is 1. The van der Waals surface area contributed by atoms with E-state index in [1.807, 2.05) is 20.8 Å². The van der Waals surface area contributed by atoms with Gasteiger partial charge in [0.05, 0.1) is 6.20 Å². The normalized spacial score (nSPS) is 23.1. The van der Waals surface area contributed by atoms with Crippen LogP contribution in [0.1, 0.15) is 40.0 Å². The molecule has 1 aromatic rings. The summed E-state index contributed by atoms with van der Waals surface area (Å²) in [6, 6.07) is 0.537. The second-order valence-electron chi connectivity index (χ2n) is 5.78. The smallest absolute Gasteiger partial charge is 0.407 e. The Morgan fingerprint density at radius 1 is 1.42 bits per heavy atom. The van der Waals surface area contributed by atoms with E-state index >= 15 is 0 Å². The van der Waals surface area contributed by atoms with E-state index in [4.69, 9.17) is 4.74 Å². The molecule has 106 valence electrons. The van der Waals surface area contributed by atoms with Gasteiger partial charge in [-0.15, -0.1) is 5.10 Å². The van der Waals surface area contributed by atoms with Gasteiger partial charge in [-0.3, -0.25) is 0 Å². The van der Waals surface area contributed by atoms with E-state index < -0.39 is 5.60 Å². The summed E-state index contributed by atoms with van der Waals surface area (Å²) >= 11 is 1.35. The lowest BCUT2D eigenvalue weighted by molar-refractivity contribution is 0.0505. The van der Waals surface area contributed by atoms with Crippen molar-refractivity contribution in [3.63, 3.8) is 0 Å². The van der Waals surface area contributed by atoms with Gasteiger partial charge in [-0.05, 0) is 40.0 Å². The van der Waals surface area contributed by atoms with Crippen LogP contribution in [0.15, 0.2) is 6.20 Å². The van der Waals surface area contributed by atoms with Gasteiger partial charge in [0.15, 0.2) is 0 Å². The third kappa shape index (κ3) is 4.66. The SMILES string of the molecule is CC(C)(C)OC(=O)NC1CCC(Nc2cnns2)C1. The largest absolute Gasteiger partial charge is 0.444 e. The molecule has 2 atom stereocenters. The predicted octanol–water partition coefficient (Wildman–Crippen LogP) is 2.40. The van der Waals surface area contributed by atoms with Crippen molar-refractivity contribution in [3.05, 3.63) is 6.20 Å². The predicted molar refractivity (Wildman–Crippen MR) is 74.3 cm³/mol. The minimum Gasteiger partial charge on any atom is -0.444 e. The van der Waals surface area contributed by atoms with Crippen molar-refractivity contribution in [1.82, 2.24) is 14.9 Å². The molecule has 1 aromatic heterocycles. The van der Waals surface area contributed by atoms with Gasteiger partial charge in [0.2, 0.25) is 0 Å². The third-order valence-electron chi connectivity index (χ3n) is 2.86. The van der Waals surface area contributed by atoms with Crippen LogP contribution in [0.5, 0.6) is 0 Å². The van der Waals surface area contributed by atoms with Crippen LogP contribution in [0.3, 0.4) is 0 Å². The van der Waals surface area contributed by atoms with Crippen molar-refractivity contribution in [2.24, 2.45) is 0 Å². The molecule has 2 rings (SSSR count). The number of aromatic nitrogens is 2. The van der Waals surface area contributed by atoms with Crippen LogP contribution in [0.2, 0.25) is 0 Å². The Labute approximate surface area is 117 Å². The summed E-state index contributed by atoms with van der Waals surface area (Å²) in [4.78, 5) is 11.7. The number of carbonyl (C=O) groups is 1. The van der Waals surface area contributed by atoms with Crippen molar-refractivity contribution < 1.29 is 9.53 Å². The monoisotopic (exact) mass is 284 g/mol. The maximum Gasteiger partial charge on any atom is 0.407 e. The first-order chi connectivity index (χ1) is 8.92. The zero-order chi connectivity index (χ0) is 13.9. The summed E-state index contributed by atoms with van der Waals surface area (Å²) in [6.45, 7) is 5.59. The molecule has 2 unspecified atom stereocenters. The number of hydrogen-bond acceptors (Lipinski definition) is 6. The highest BCUT2D eigenvalue weighted by atomic mass is 32.1. The number of anilines is 1. The summed E-state index contributed by atoms with van der Waals surface area (Å²) < 4.78 is 9.06. The van der Waals surface area contributed by atoms with Crippen molar-refractivity contribution in [2.75, 3.05) is 5.32 Å². The Balaban J connectivity index is 1.74. The molecule has 1 heterocycles. The van der Waals surface area contributed by atoms with E-state index in [0.29, 0.717) is 6.04 Å². The molecular weight excluding hydrogens is 264 g/mol. The van der Waals surface area contributed by atoms with E-state index in [0.717, 1.165) is 24.3 Å². The lowest BCUT2D eigenvalue weighted by Crippen LogP contribution is -2.38. The fraction of sp³-hybridized carbons (Fsp3) is 0.750. The van der Waals surface area contributed by atoms with Gasteiger partial charge in [0.1, 0.15) is 10.6 Å². The highest BCUT2D eigenvalue weighted by Crippen LogP contribution is 2.24. The van der Waals surface area contributed by atoms with Gasteiger partial charge in [-0.1, -0.05) is 4.49 Å². The molecule has 7 heteroatoms. The molecule has 1 fully saturated rings. The van der Waals surface area contributed by atoms with Crippen molar-refractivity contribution >= 4 is 22.6 Å². The fourth-order valence-corrected chi connectivity index (χ4v) is 2.65. The molecule has 0 radical (unpaired) electrons. The van der Waals surface area contributed by atoms with Crippen LogP contribution in [0.25, 0.3) is 0 Å². The lowest BCUT2D eigenvalue weighted by Gasteiger charge is -2.21. The molecule has 0 aliphatic heterocycles. The van der Waals surface area contributed by atoms with Crippen LogP contribution in [0.4, 0.5) is 9.80 Å². The van der Waals surface area contributed by atoms with Gasteiger partial charge >= 0.3 is 6.09 Å². The standard InChI is InChI=1S/C12H20N4O2S/c1-12(2,3)18-11(17)15-9-5-4-8(6-9)14-10-7-13-16-19-10/h7-9,14H,4-6H2,1-3H3,(H,15,17). The summed E-state index contributed by atoms with van der Waals surface area (Å²) in [5.41, 5.74) is -0.450. The lowest BCUT2D eigenvalue weighted by atomic mass is 10.2. The first-order valence-corrected chi connectivity index (χ1v) is 7.23. The zero-order valence-electron chi connectivity index (χ0n) is 11.5. The highest BCUT2D eigenvalue weighted by molar-refractivity contribution is 7.09. The van der Waals surface area contributed by atoms with Crippen molar-refractivity contribution in [3.8, 4) is 0 Å². The Bertz CT molecular complexity index is 416. The summed E-state index contributed by atoms with van der Waals surface area (Å²) in [7, 11) is 0. The zero-order valence-corrected chi connectivity index (χ0v) is 12.3. The number of nitrogens with one attached hydrogen (secondary N) is 2. The van der Waals surface area contributed by atoms with Gasteiger partial charge in [-0.2, -0.15) is 0 Å². The third-order valence-corrected chi connectivity index (χ3v) is 3.46. The van der Waals surface area contributed by atoms with Crippen LogP contribution in [0, 0.1) is 0 Å². The average Bonchev–Trinajstić information content (AvgIpc) is 2.88. The molecule has 2 N–H and O–H groups in total. The van der Waals surface area contributed by atoms with Gasteiger partial charge in [0, 0.05) is 23.6 Å². The van der Waals surface area contributed by atoms with E-state index in [9.17, 15) is 4.79 Å². The quantitative estimate of drug-likeness (QED) is 0.891. The van der Waals surface area contributed by atoms with Crippen molar-refractivity contribution in [1.29, 1.82) is 0 Å². The number of ether oxygens (including phenoxy) is 1. The van der Waals surface area contributed by atoms with Crippen LogP contribution in [-0.4, -0.2) is 33.4 Å².